The lowest BCUT2D eigenvalue weighted by Gasteiger charge is -2.48. The summed E-state index contributed by atoms with van der Waals surface area (Å²) in [5.41, 5.74) is 0. The zero-order valence-corrected chi connectivity index (χ0v) is 30.9. The number of ether oxygens (including phenoxy) is 9. The van der Waals surface area contributed by atoms with Gasteiger partial charge in [-0.3, -0.25) is 4.79 Å². The molecule has 0 aromatic carbocycles. The summed E-state index contributed by atoms with van der Waals surface area (Å²) in [6.07, 6.45) is -39.8. The summed E-state index contributed by atoms with van der Waals surface area (Å²) in [6.45, 7) is -3.60. The largest absolute Gasteiger partial charge is 0.394 e. The zero-order chi connectivity index (χ0) is 42.7. The van der Waals surface area contributed by atoms with Crippen LogP contribution in [-0.4, -0.2) is 269 Å². The molecule has 26 nitrogen and oxygen atoms in total. The van der Waals surface area contributed by atoms with E-state index in [4.69, 9.17) is 42.6 Å². The van der Waals surface area contributed by atoms with Crippen LogP contribution >= 0.6 is 0 Å². The topological polar surface area (TPSA) is 416 Å². The van der Waals surface area contributed by atoms with E-state index in [0.717, 1.165) is 6.92 Å². The van der Waals surface area contributed by atoms with E-state index in [1.807, 2.05) is 0 Å². The monoisotopic (exact) mass is 853 g/mol. The molecule has 26 heteroatoms. The third kappa shape index (κ3) is 10.1. The van der Waals surface area contributed by atoms with Crippen molar-refractivity contribution in [2.75, 3.05) is 39.6 Å². The highest BCUT2D eigenvalue weighted by molar-refractivity contribution is 5.73. The first-order valence-electron chi connectivity index (χ1n) is 18.5. The summed E-state index contributed by atoms with van der Waals surface area (Å²) in [4.78, 5) is 12.1. The SMILES string of the molecule is CC(=O)N[C@H]1[C@H](O[C@H]2[C@H](O)[C@H](O)[C@@H](OC[C@H]3O[C@H](CO)[C@@H](O)[C@@H]3O)O[C@@H]2CO[C@H]2O[C@H](CO)[C@@H](O)[C@H](O)[C@@H]2O[C@H]2O[C@H](CO)[C@@H](O)[C@H](O)[C@@H]2O)O[C@H](CO)[C@H](O)[C@@H]1O. The molecule has 58 heavy (non-hydrogen) atoms. The molecule has 24 atom stereocenters. The van der Waals surface area contributed by atoms with Gasteiger partial charge in [0.25, 0.3) is 0 Å². The van der Waals surface area contributed by atoms with E-state index in [-0.39, 0.29) is 0 Å². The number of nitrogens with one attached hydrogen (secondary N) is 1. The second-order valence-electron chi connectivity index (χ2n) is 14.6. The number of hydrogen-bond acceptors (Lipinski definition) is 25. The Labute approximate surface area is 329 Å². The normalized spacial score (nSPS) is 50.1. The lowest BCUT2D eigenvalue weighted by molar-refractivity contribution is -0.378. The van der Waals surface area contributed by atoms with Crippen molar-refractivity contribution < 1.29 is 124 Å². The van der Waals surface area contributed by atoms with Gasteiger partial charge in [-0.05, 0) is 0 Å². The molecule has 0 aromatic heterocycles. The first-order valence-corrected chi connectivity index (χ1v) is 18.5. The molecule has 0 bridgehead atoms. The molecule has 1 amide bonds. The Morgan fingerprint density at radius 1 is 0.431 bits per heavy atom. The van der Waals surface area contributed by atoms with Crippen LogP contribution < -0.4 is 5.32 Å². The molecule has 338 valence electrons. The van der Waals surface area contributed by atoms with Gasteiger partial charge in [-0.25, -0.2) is 0 Å². The van der Waals surface area contributed by atoms with Gasteiger partial charge < -0.3 is 125 Å². The maximum atomic E-state index is 12.1. The molecule has 0 aliphatic carbocycles. The van der Waals surface area contributed by atoms with Crippen LogP contribution in [0, 0.1) is 0 Å². The number of carbonyl (C=O) groups excluding carboxylic acids is 1. The molecular formula is C32H55NO25. The van der Waals surface area contributed by atoms with Crippen LogP contribution in [0.25, 0.3) is 0 Å². The van der Waals surface area contributed by atoms with Crippen molar-refractivity contribution in [2.45, 2.75) is 154 Å². The highest BCUT2D eigenvalue weighted by atomic mass is 16.8. The molecular weight excluding hydrogens is 798 g/mol. The fraction of sp³-hybridized carbons (Fsp3) is 0.969. The number of hydrogen-bond donors (Lipinski definition) is 16. The van der Waals surface area contributed by atoms with Crippen LogP contribution in [0.5, 0.6) is 0 Å². The van der Waals surface area contributed by atoms with Crippen molar-refractivity contribution in [3.05, 3.63) is 0 Å². The Morgan fingerprint density at radius 3 is 1.40 bits per heavy atom. The fourth-order valence-electron chi connectivity index (χ4n) is 7.25. The molecule has 5 aliphatic heterocycles. The highest BCUT2D eigenvalue weighted by Gasteiger charge is 2.55. The molecule has 5 heterocycles. The minimum atomic E-state index is -2.04. The quantitative estimate of drug-likeness (QED) is 0.0727. The van der Waals surface area contributed by atoms with Gasteiger partial charge in [-0.2, -0.15) is 0 Å². The molecule has 0 aromatic rings. The lowest BCUT2D eigenvalue weighted by atomic mass is 9.95. The van der Waals surface area contributed by atoms with Crippen LogP contribution in [0.4, 0.5) is 0 Å². The molecule has 5 fully saturated rings. The van der Waals surface area contributed by atoms with Crippen molar-refractivity contribution >= 4 is 5.91 Å². The van der Waals surface area contributed by atoms with Crippen LogP contribution in [0.3, 0.4) is 0 Å². The summed E-state index contributed by atoms with van der Waals surface area (Å²) < 4.78 is 51.0. The van der Waals surface area contributed by atoms with Gasteiger partial charge in [0, 0.05) is 6.92 Å². The Morgan fingerprint density at radius 2 is 0.828 bits per heavy atom. The maximum Gasteiger partial charge on any atom is 0.217 e. The number of aliphatic hydroxyl groups excluding tert-OH is 15. The van der Waals surface area contributed by atoms with Gasteiger partial charge in [-0.1, -0.05) is 0 Å². The van der Waals surface area contributed by atoms with Crippen molar-refractivity contribution in [3.8, 4) is 0 Å². The van der Waals surface area contributed by atoms with Crippen molar-refractivity contribution in [2.24, 2.45) is 0 Å². The predicted octanol–water partition coefficient (Wildman–Crippen LogP) is -11.1. The van der Waals surface area contributed by atoms with Crippen LogP contribution in [-0.2, 0) is 47.4 Å². The van der Waals surface area contributed by atoms with Gasteiger partial charge >= 0.3 is 0 Å². The van der Waals surface area contributed by atoms with Crippen molar-refractivity contribution in [1.29, 1.82) is 0 Å². The standard InChI is InChI=1S/C32H55NO25/c1-8(38)33-15-21(44)17(40)10(3-35)53-29(15)57-27-14(56-30(26(49)24(27)47)50-6-13-20(43)16(39)9(2-34)52-13)7-51-32-28(23(46)19(42)12(5-37)55-32)58-31-25(48)22(45)18(41)11(4-36)54-31/h9-32,34-37,39-49H,2-7H2,1H3,(H,33,38)/t9-,10-,11-,12-,13-,14-,15-,16-,17+,18-,19-,20-,21-,22+,23+,24-,25+,26+,27-,28+,29+,30+,31-,32+/m1/s1. The van der Waals surface area contributed by atoms with Gasteiger partial charge in [-0.15, -0.1) is 0 Å². The summed E-state index contributed by atoms with van der Waals surface area (Å²) in [5.74, 6) is -0.728. The summed E-state index contributed by atoms with van der Waals surface area (Å²) in [7, 11) is 0. The Bertz CT molecular complexity index is 1290. The van der Waals surface area contributed by atoms with Gasteiger partial charge in [0.15, 0.2) is 25.2 Å². The Balaban J connectivity index is 1.41. The Kier molecular flexibility index (Phi) is 16.9. The fourth-order valence-corrected chi connectivity index (χ4v) is 7.25. The van der Waals surface area contributed by atoms with Crippen molar-refractivity contribution in [3.63, 3.8) is 0 Å². The van der Waals surface area contributed by atoms with Crippen LogP contribution in [0.1, 0.15) is 6.92 Å². The number of rotatable bonds is 15. The highest BCUT2D eigenvalue weighted by Crippen LogP contribution is 2.34. The van der Waals surface area contributed by atoms with E-state index in [0.29, 0.717) is 0 Å². The molecule has 0 radical (unpaired) electrons. The summed E-state index contributed by atoms with van der Waals surface area (Å²) in [5, 5.41) is 158. The molecule has 16 N–H and O–H groups in total. The Hall–Kier alpha value is -1.49. The molecule has 5 aliphatic rings. The van der Waals surface area contributed by atoms with E-state index >= 15 is 0 Å². The molecule has 5 rings (SSSR count). The van der Waals surface area contributed by atoms with Crippen LogP contribution in [0.15, 0.2) is 0 Å². The van der Waals surface area contributed by atoms with E-state index in [9.17, 15) is 81.4 Å². The van der Waals surface area contributed by atoms with Gasteiger partial charge in [0.1, 0.15) is 122 Å². The average Bonchev–Trinajstić information content (AvgIpc) is 3.48. The average molecular weight is 854 g/mol. The second kappa shape index (κ2) is 20.6. The first-order chi connectivity index (χ1) is 27.5. The lowest BCUT2D eigenvalue weighted by Crippen LogP contribution is -2.68. The molecule has 0 saturated carbocycles. The summed E-state index contributed by atoms with van der Waals surface area (Å²) >= 11 is 0. The molecule has 5 saturated heterocycles. The number of aliphatic hydroxyl groups is 15. The van der Waals surface area contributed by atoms with Gasteiger partial charge in [0.2, 0.25) is 5.91 Å². The third-order valence-corrected chi connectivity index (χ3v) is 10.6. The van der Waals surface area contributed by atoms with Gasteiger partial charge in [0.05, 0.1) is 39.6 Å². The minimum absolute atomic E-state index is 0.593. The number of carbonyl (C=O) groups is 1. The predicted molar refractivity (Wildman–Crippen MR) is 177 cm³/mol. The summed E-state index contributed by atoms with van der Waals surface area (Å²) in [6, 6.07) is -1.55. The van der Waals surface area contributed by atoms with E-state index in [2.05, 4.69) is 5.32 Å². The minimum Gasteiger partial charge on any atom is -0.394 e. The van der Waals surface area contributed by atoms with Crippen molar-refractivity contribution in [1.82, 2.24) is 5.32 Å². The zero-order valence-electron chi connectivity index (χ0n) is 30.9. The van der Waals surface area contributed by atoms with E-state index in [1.54, 1.807) is 0 Å². The maximum absolute atomic E-state index is 12.1. The van der Waals surface area contributed by atoms with E-state index in [1.165, 1.54) is 0 Å². The van der Waals surface area contributed by atoms with Crippen LogP contribution in [0.2, 0.25) is 0 Å². The second-order valence-corrected chi connectivity index (χ2v) is 14.6. The smallest absolute Gasteiger partial charge is 0.217 e. The third-order valence-electron chi connectivity index (χ3n) is 10.6. The number of amides is 1. The first kappa shape index (κ1) is 47.6. The molecule has 0 unspecified atom stereocenters. The van der Waals surface area contributed by atoms with E-state index < -0.39 is 193 Å². The molecule has 0 spiro atoms.